The van der Waals surface area contributed by atoms with Gasteiger partial charge in [0.25, 0.3) is 5.91 Å². The molecule has 1 aliphatic heterocycles. The SMILES string of the molecule is CNC(=O)[C@H]1CN(CC(=O)NCCC2=CCCCC2)c2ccccc2O1. The van der Waals surface area contributed by atoms with E-state index in [1.807, 2.05) is 29.2 Å². The van der Waals surface area contributed by atoms with E-state index in [1.165, 1.54) is 18.4 Å². The van der Waals surface area contributed by atoms with Crippen molar-refractivity contribution < 1.29 is 14.3 Å². The molecule has 2 amide bonds. The summed E-state index contributed by atoms with van der Waals surface area (Å²) in [6.45, 7) is 1.23. The highest BCUT2D eigenvalue weighted by atomic mass is 16.5. The maximum absolute atomic E-state index is 12.4. The number of rotatable bonds is 6. The zero-order valence-electron chi connectivity index (χ0n) is 15.3. The monoisotopic (exact) mass is 357 g/mol. The number of para-hydroxylation sites is 2. The number of anilines is 1. The van der Waals surface area contributed by atoms with E-state index in [2.05, 4.69) is 16.7 Å². The predicted molar refractivity (Wildman–Crippen MR) is 101 cm³/mol. The first-order valence-corrected chi connectivity index (χ1v) is 9.34. The minimum absolute atomic E-state index is 0.0335. The van der Waals surface area contributed by atoms with Crippen LogP contribution in [-0.4, -0.2) is 44.6 Å². The van der Waals surface area contributed by atoms with Gasteiger partial charge in [-0.15, -0.1) is 0 Å². The molecule has 0 saturated heterocycles. The number of amides is 2. The molecule has 2 N–H and O–H groups in total. The second kappa shape index (κ2) is 8.74. The lowest BCUT2D eigenvalue weighted by atomic mass is 9.97. The number of nitrogens with one attached hydrogen (secondary N) is 2. The van der Waals surface area contributed by atoms with Crippen LogP contribution in [0.3, 0.4) is 0 Å². The summed E-state index contributed by atoms with van der Waals surface area (Å²) in [6, 6.07) is 7.50. The van der Waals surface area contributed by atoms with Crippen LogP contribution in [0, 0.1) is 0 Å². The molecule has 0 unspecified atom stereocenters. The molecule has 1 aromatic carbocycles. The molecule has 0 aromatic heterocycles. The molecule has 6 heteroatoms. The van der Waals surface area contributed by atoms with Gasteiger partial charge >= 0.3 is 0 Å². The van der Waals surface area contributed by atoms with E-state index in [1.54, 1.807) is 7.05 Å². The second-order valence-corrected chi connectivity index (χ2v) is 6.78. The Hall–Kier alpha value is -2.50. The van der Waals surface area contributed by atoms with Gasteiger partial charge < -0.3 is 20.3 Å². The fourth-order valence-electron chi connectivity index (χ4n) is 3.48. The van der Waals surface area contributed by atoms with E-state index in [0.29, 0.717) is 18.8 Å². The lowest BCUT2D eigenvalue weighted by molar-refractivity contribution is -0.127. The van der Waals surface area contributed by atoms with Crippen molar-refractivity contribution >= 4 is 17.5 Å². The van der Waals surface area contributed by atoms with Crippen molar-refractivity contribution in [3.8, 4) is 5.75 Å². The van der Waals surface area contributed by atoms with Crippen molar-refractivity contribution in [3.63, 3.8) is 0 Å². The van der Waals surface area contributed by atoms with E-state index < -0.39 is 6.10 Å². The minimum atomic E-state index is -0.616. The average molecular weight is 357 g/mol. The van der Waals surface area contributed by atoms with E-state index in [9.17, 15) is 9.59 Å². The second-order valence-electron chi connectivity index (χ2n) is 6.78. The smallest absolute Gasteiger partial charge is 0.262 e. The number of likely N-dealkylation sites (N-methyl/N-ethyl adjacent to an activating group) is 1. The maximum Gasteiger partial charge on any atom is 0.262 e. The van der Waals surface area contributed by atoms with E-state index in [0.717, 1.165) is 24.9 Å². The number of ether oxygens (including phenoxy) is 1. The molecule has 140 valence electrons. The van der Waals surface area contributed by atoms with Crippen LogP contribution in [0.4, 0.5) is 5.69 Å². The molecule has 1 atom stereocenters. The van der Waals surface area contributed by atoms with Gasteiger partial charge in [0, 0.05) is 13.6 Å². The van der Waals surface area contributed by atoms with Gasteiger partial charge in [0.1, 0.15) is 5.75 Å². The highest BCUT2D eigenvalue weighted by Crippen LogP contribution is 2.32. The number of nitrogens with zero attached hydrogens (tertiary/aromatic N) is 1. The van der Waals surface area contributed by atoms with Crippen LogP contribution in [-0.2, 0) is 9.59 Å². The van der Waals surface area contributed by atoms with Gasteiger partial charge in [-0.25, -0.2) is 0 Å². The molecule has 3 rings (SSSR count). The summed E-state index contributed by atoms with van der Waals surface area (Å²) in [7, 11) is 1.59. The van der Waals surface area contributed by atoms with Crippen LogP contribution >= 0.6 is 0 Å². The summed E-state index contributed by atoms with van der Waals surface area (Å²) in [6.07, 6.45) is 7.46. The number of benzene rings is 1. The number of hydrogen-bond acceptors (Lipinski definition) is 4. The first kappa shape index (κ1) is 18.3. The third-order valence-electron chi connectivity index (χ3n) is 4.89. The first-order chi connectivity index (χ1) is 12.7. The minimum Gasteiger partial charge on any atom is -0.477 e. The molecule has 2 aliphatic rings. The Kier molecular flexibility index (Phi) is 6.15. The Morgan fingerprint density at radius 1 is 1.27 bits per heavy atom. The number of allylic oxidation sites excluding steroid dienone is 1. The van der Waals surface area contributed by atoms with Gasteiger partial charge in [0.15, 0.2) is 6.10 Å². The molecule has 1 aromatic rings. The summed E-state index contributed by atoms with van der Waals surface area (Å²) in [5.74, 6) is 0.412. The Morgan fingerprint density at radius 2 is 2.12 bits per heavy atom. The first-order valence-electron chi connectivity index (χ1n) is 9.34. The van der Waals surface area contributed by atoms with Crippen LogP contribution < -0.4 is 20.3 Å². The fraction of sp³-hybridized carbons (Fsp3) is 0.500. The molecule has 26 heavy (non-hydrogen) atoms. The number of carbonyl (C=O) groups excluding carboxylic acids is 2. The number of hydrogen-bond donors (Lipinski definition) is 2. The van der Waals surface area contributed by atoms with E-state index >= 15 is 0 Å². The largest absolute Gasteiger partial charge is 0.477 e. The lowest BCUT2D eigenvalue weighted by Gasteiger charge is -2.35. The van der Waals surface area contributed by atoms with E-state index in [-0.39, 0.29) is 18.4 Å². The zero-order chi connectivity index (χ0) is 18.4. The fourth-order valence-corrected chi connectivity index (χ4v) is 3.48. The van der Waals surface area contributed by atoms with Gasteiger partial charge in [-0.3, -0.25) is 9.59 Å². The van der Waals surface area contributed by atoms with Crippen LogP contribution in [0.25, 0.3) is 0 Å². The van der Waals surface area contributed by atoms with Crippen molar-refractivity contribution in [1.82, 2.24) is 10.6 Å². The lowest BCUT2D eigenvalue weighted by Crippen LogP contribution is -2.50. The van der Waals surface area contributed by atoms with Crippen molar-refractivity contribution in [3.05, 3.63) is 35.9 Å². The van der Waals surface area contributed by atoms with Crippen LogP contribution in [0.2, 0.25) is 0 Å². The van der Waals surface area contributed by atoms with E-state index in [4.69, 9.17) is 4.74 Å². The molecule has 0 fully saturated rings. The number of fused-ring (bicyclic) bond motifs is 1. The highest BCUT2D eigenvalue weighted by Gasteiger charge is 2.30. The van der Waals surface area contributed by atoms with Crippen molar-refractivity contribution in [2.24, 2.45) is 0 Å². The Bertz CT molecular complexity index is 687. The summed E-state index contributed by atoms with van der Waals surface area (Å²) in [4.78, 5) is 26.3. The average Bonchev–Trinajstić information content (AvgIpc) is 2.68. The molecule has 0 spiro atoms. The molecular formula is C20H27N3O3. The van der Waals surface area contributed by atoms with Crippen LogP contribution in [0.1, 0.15) is 32.1 Å². The van der Waals surface area contributed by atoms with Gasteiger partial charge in [-0.2, -0.15) is 0 Å². The van der Waals surface area contributed by atoms with Gasteiger partial charge in [-0.1, -0.05) is 23.8 Å². The van der Waals surface area contributed by atoms with Crippen LogP contribution in [0.15, 0.2) is 35.9 Å². The van der Waals surface area contributed by atoms with Crippen molar-refractivity contribution in [2.75, 3.05) is 31.6 Å². The molecule has 6 nitrogen and oxygen atoms in total. The maximum atomic E-state index is 12.4. The quantitative estimate of drug-likeness (QED) is 0.764. The Morgan fingerprint density at radius 3 is 2.88 bits per heavy atom. The molecule has 1 heterocycles. The third kappa shape index (κ3) is 4.56. The van der Waals surface area contributed by atoms with Crippen LogP contribution in [0.5, 0.6) is 5.75 Å². The molecule has 0 radical (unpaired) electrons. The normalized spacial score (nSPS) is 19.0. The third-order valence-corrected chi connectivity index (χ3v) is 4.89. The Balaban J connectivity index is 1.57. The summed E-state index contributed by atoms with van der Waals surface area (Å²) >= 11 is 0. The molecular weight excluding hydrogens is 330 g/mol. The summed E-state index contributed by atoms with van der Waals surface area (Å²) < 4.78 is 5.76. The van der Waals surface area contributed by atoms with Crippen molar-refractivity contribution in [2.45, 2.75) is 38.2 Å². The van der Waals surface area contributed by atoms with Gasteiger partial charge in [-0.05, 0) is 44.2 Å². The highest BCUT2D eigenvalue weighted by molar-refractivity contribution is 5.86. The standard InChI is InChI=1S/C20H27N3O3/c1-21-20(25)18-13-23(16-9-5-6-10-17(16)26-18)14-19(24)22-12-11-15-7-3-2-4-8-15/h5-7,9-10,18H,2-4,8,11-14H2,1H3,(H,21,25)(H,22,24)/t18-/m1/s1. The predicted octanol–water partition coefficient (Wildman–Crippen LogP) is 2.01. The molecule has 1 aliphatic carbocycles. The zero-order valence-corrected chi connectivity index (χ0v) is 15.3. The van der Waals surface area contributed by atoms with Gasteiger partial charge in [0.05, 0.1) is 18.8 Å². The van der Waals surface area contributed by atoms with Gasteiger partial charge in [0.2, 0.25) is 5.91 Å². The summed E-state index contributed by atoms with van der Waals surface area (Å²) in [5, 5.41) is 5.62. The molecule has 0 bridgehead atoms. The Labute approximate surface area is 154 Å². The number of carbonyl (C=O) groups is 2. The molecule has 0 saturated carbocycles. The topological polar surface area (TPSA) is 70.7 Å². The summed E-state index contributed by atoms with van der Waals surface area (Å²) in [5.41, 5.74) is 2.30. The van der Waals surface area contributed by atoms with Crippen molar-refractivity contribution in [1.29, 1.82) is 0 Å².